The molecule has 90 valence electrons. The van der Waals surface area contributed by atoms with Crippen molar-refractivity contribution in [2.45, 2.75) is 18.0 Å². The van der Waals surface area contributed by atoms with Crippen molar-refractivity contribution >= 4 is 17.6 Å². The van der Waals surface area contributed by atoms with Crippen molar-refractivity contribution < 1.29 is 5.11 Å². The van der Waals surface area contributed by atoms with Gasteiger partial charge in [0.2, 0.25) is 0 Å². The second kappa shape index (κ2) is 4.58. The quantitative estimate of drug-likeness (QED) is 0.815. The minimum Gasteiger partial charge on any atom is -0.390 e. The standard InChI is InChI=1S/C12H15N3OS/c16-10-7-15-11(13-14-12(15)17-8-10)6-9-4-2-1-3-5-9/h1-5,10,12,14,16H,6-8H2. The summed E-state index contributed by atoms with van der Waals surface area (Å²) in [7, 11) is 0. The lowest BCUT2D eigenvalue weighted by Crippen LogP contribution is -2.48. The number of nitrogens with zero attached hydrogens (tertiary/aromatic N) is 2. The molecule has 1 aromatic carbocycles. The number of aliphatic hydroxyl groups is 1. The van der Waals surface area contributed by atoms with Crippen LogP contribution < -0.4 is 5.43 Å². The van der Waals surface area contributed by atoms with Crippen LogP contribution >= 0.6 is 11.8 Å². The lowest BCUT2D eigenvalue weighted by Gasteiger charge is -2.33. The fourth-order valence-electron chi connectivity index (χ4n) is 2.13. The Morgan fingerprint density at radius 2 is 2.24 bits per heavy atom. The third-order valence-electron chi connectivity index (χ3n) is 2.98. The van der Waals surface area contributed by atoms with Gasteiger partial charge in [-0.1, -0.05) is 30.3 Å². The SMILES string of the molecule is OC1CSC2NN=C(Cc3ccccc3)N2C1. The van der Waals surface area contributed by atoms with Gasteiger partial charge in [-0.25, -0.2) is 0 Å². The molecule has 1 fully saturated rings. The van der Waals surface area contributed by atoms with Crippen molar-refractivity contribution in [3.63, 3.8) is 0 Å². The van der Waals surface area contributed by atoms with E-state index in [1.807, 2.05) is 18.2 Å². The Balaban J connectivity index is 1.72. The number of nitrogens with one attached hydrogen (secondary N) is 1. The van der Waals surface area contributed by atoms with Gasteiger partial charge < -0.3 is 10.0 Å². The van der Waals surface area contributed by atoms with Crippen molar-refractivity contribution in [2.24, 2.45) is 5.10 Å². The first-order chi connectivity index (χ1) is 8.33. The van der Waals surface area contributed by atoms with E-state index in [9.17, 15) is 5.11 Å². The van der Waals surface area contributed by atoms with Crippen LogP contribution in [0.1, 0.15) is 5.56 Å². The van der Waals surface area contributed by atoms with Crippen LogP contribution in [0, 0.1) is 0 Å². The van der Waals surface area contributed by atoms with Crippen LogP contribution in [-0.2, 0) is 6.42 Å². The Bertz CT molecular complexity index is 423. The summed E-state index contributed by atoms with van der Waals surface area (Å²) in [6, 6.07) is 10.3. The van der Waals surface area contributed by atoms with Gasteiger partial charge in [0.05, 0.1) is 6.10 Å². The van der Waals surface area contributed by atoms with E-state index >= 15 is 0 Å². The normalized spacial score (nSPS) is 27.4. The Morgan fingerprint density at radius 1 is 1.41 bits per heavy atom. The molecule has 2 aliphatic heterocycles. The van der Waals surface area contributed by atoms with Crippen molar-refractivity contribution in [3.05, 3.63) is 35.9 Å². The number of fused-ring (bicyclic) bond motifs is 1. The van der Waals surface area contributed by atoms with Gasteiger partial charge in [0.25, 0.3) is 0 Å². The molecular formula is C12H15N3OS. The van der Waals surface area contributed by atoms with E-state index in [1.165, 1.54) is 5.56 Å². The van der Waals surface area contributed by atoms with E-state index in [0.717, 1.165) is 18.0 Å². The van der Waals surface area contributed by atoms with Gasteiger partial charge in [0.15, 0.2) is 5.50 Å². The monoisotopic (exact) mass is 249 g/mol. The average Bonchev–Trinajstić information content (AvgIpc) is 2.73. The van der Waals surface area contributed by atoms with E-state index in [-0.39, 0.29) is 11.6 Å². The maximum Gasteiger partial charge on any atom is 0.164 e. The number of hydrogen-bond acceptors (Lipinski definition) is 5. The van der Waals surface area contributed by atoms with E-state index in [4.69, 9.17) is 0 Å². The highest BCUT2D eigenvalue weighted by Crippen LogP contribution is 2.25. The van der Waals surface area contributed by atoms with Gasteiger partial charge in [-0.05, 0) is 5.56 Å². The zero-order valence-corrected chi connectivity index (χ0v) is 10.2. The highest BCUT2D eigenvalue weighted by molar-refractivity contribution is 7.99. The lowest BCUT2D eigenvalue weighted by molar-refractivity contribution is 0.151. The summed E-state index contributed by atoms with van der Waals surface area (Å²) < 4.78 is 0. The molecule has 0 aliphatic carbocycles. The minimum absolute atomic E-state index is 0.206. The zero-order chi connectivity index (χ0) is 11.7. The highest BCUT2D eigenvalue weighted by Gasteiger charge is 2.33. The number of aliphatic hydroxyl groups excluding tert-OH is 1. The first kappa shape index (κ1) is 10.9. The van der Waals surface area contributed by atoms with E-state index in [2.05, 4.69) is 27.6 Å². The predicted molar refractivity (Wildman–Crippen MR) is 69.7 cm³/mol. The van der Waals surface area contributed by atoms with Crippen LogP contribution in [0.5, 0.6) is 0 Å². The van der Waals surface area contributed by atoms with Crippen LogP contribution in [0.3, 0.4) is 0 Å². The van der Waals surface area contributed by atoms with Gasteiger partial charge in [0, 0.05) is 18.7 Å². The lowest BCUT2D eigenvalue weighted by atomic mass is 10.1. The molecule has 0 radical (unpaired) electrons. The summed E-state index contributed by atoms with van der Waals surface area (Å²) >= 11 is 1.71. The zero-order valence-electron chi connectivity index (χ0n) is 9.41. The number of hydrazone groups is 1. The van der Waals surface area contributed by atoms with Gasteiger partial charge in [-0.3, -0.25) is 5.43 Å². The molecule has 4 nitrogen and oxygen atoms in total. The van der Waals surface area contributed by atoms with Gasteiger partial charge >= 0.3 is 0 Å². The molecule has 0 spiro atoms. The fraction of sp³-hybridized carbons (Fsp3) is 0.417. The topological polar surface area (TPSA) is 47.9 Å². The second-order valence-corrected chi connectivity index (χ2v) is 5.42. The smallest absolute Gasteiger partial charge is 0.164 e. The van der Waals surface area contributed by atoms with Gasteiger partial charge in [-0.2, -0.15) is 5.10 Å². The Kier molecular flexibility index (Phi) is 2.94. The third-order valence-corrected chi connectivity index (χ3v) is 4.23. The fourth-order valence-corrected chi connectivity index (χ4v) is 3.15. The maximum absolute atomic E-state index is 9.69. The number of amidine groups is 1. The Hall–Kier alpha value is -1.20. The van der Waals surface area contributed by atoms with Crippen LogP contribution in [0.15, 0.2) is 35.4 Å². The molecule has 0 amide bonds. The molecule has 0 aromatic heterocycles. The molecule has 2 aliphatic rings. The van der Waals surface area contributed by atoms with Gasteiger partial charge in [0.1, 0.15) is 5.84 Å². The average molecular weight is 249 g/mol. The molecule has 2 heterocycles. The number of hydrogen-bond donors (Lipinski definition) is 2. The molecule has 2 unspecified atom stereocenters. The molecule has 1 aromatic rings. The summed E-state index contributed by atoms with van der Waals surface area (Å²) in [6.07, 6.45) is 0.564. The summed E-state index contributed by atoms with van der Waals surface area (Å²) in [6.45, 7) is 0.677. The maximum atomic E-state index is 9.69. The Morgan fingerprint density at radius 3 is 3.06 bits per heavy atom. The number of rotatable bonds is 2. The molecule has 5 heteroatoms. The molecule has 2 atom stereocenters. The van der Waals surface area contributed by atoms with Crippen LogP contribution in [0.2, 0.25) is 0 Å². The summed E-state index contributed by atoms with van der Waals surface area (Å²) in [5.41, 5.74) is 4.57. The summed E-state index contributed by atoms with van der Waals surface area (Å²) in [4.78, 5) is 2.16. The van der Waals surface area contributed by atoms with Crippen molar-refractivity contribution in [3.8, 4) is 0 Å². The van der Waals surface area contributed by atoms with E-state index in [1.54, 1.807) is 11.8 Å². The summed E-state index contributed by atoms with van der Waals surface area (Å²) in [5.74, 6) is 1.80. The van der Waals surface area contributed by atoms with Crippen LogP contribution in [0.25, 0.3) is 0 Å². The molecule has 17 heavy (non-hydrogen) atoms. The van der Waals surface area contributed by atoms with E-state index in [0.29, 0.717) is 6.54 Å². The summed E-state index contributed by atoms with van der Waals surface area (Å²) in [5, 5.41) is 14.1. The number of thioether (sulfide) groups is 1. The Labute approximate surface area is 105 Å². The molecule has 0 saturated carbocycles. The second-order valence-electron chi connectivity index (χ2n) is 4.31. The van der Waals surface area contributed by atoms with Gasteiger partial charge in [-0.15, -0.1) is 11.8 Å². The molecular weight excluding hydrogens is 234 g/mol. The molecule has 2 N–H and O–H groups in total. The van der Waals surface area contributed by atoms with Crippen LogP contribution in [-0.4, -0.2) is 39.7 Å². The molecule has 3 rings (SSSR count). The van der Waals surface area contributed by atoms with Crippen LogP contribution in [0.4, 0.5) is 0 Å². The highest BCUT2D eigenvalue weighted by atomic mass is 32.2. The molecule has 1 saturated heterocycles. The number of benzene rings is 1. The predicted octanol–water partition coefficient (Wildman–Crippen LogP) is 0.839. The van der Waals surface area contributed by atoms with E-state index < -0.39 is 0 Å². The molecule has 0 bridgehead atoms. The van der Waals surface area contributed by atoms with Crippen molar-refractivity contribution in [2.75, 3.05) is 12.3 Å². The van der Waals surface area contributed by atoms with Crippen molar-refractivity contribution in [1.82, 2.24) is 10.3 Å². The largest absolute Gasteiger partial charge is 0.390 e. The first-order valence-electron chi connectivity index (χ1n) is 5.75. The van der Waals surface area contributed by atoms with Crippen molar-refractivity contribution in [1.29, 1.82) is 0 Å². The minimum atomic E-state index is -0.253. The third kappa shape index (κ3) is 2.25. The first-order valence-corrected chi connectivity index (χ1v) is 6.80.